The van der Waals surface area contributed by atoms with E-state index in [2.05, 4.69) is 33.9 Å². The van der Waals surface area contributed by atoms with Crippen LogP contribution in [0.25, 0.3) is 10.4 Å². The Labute approximate surface area is 205 Å². The van der Waals surface area contributed by atoms with Crippen LogP contribution in [0.4, 0.5) is 13.2 Å². The van der Waals surface area contributed by atoms with Crippen LogP contribution in [0.15, 0.2) is 40.6 Å². The van der Waals surface area contributed by atoms with E-state index in [0.29, 0.717) is 10.8 Å². The van der Waals surface area contributed by atoms with Crippen molar-refractivity contribution in [3.05, 3.63) is 42.0 Å². The Morgan fingerprint density at radius 1 is 1.11 bits per heavy atom. The van der Waals surface area contributed by atoms with Gasteiger partial charge >= 0.3 is 12.1 Å². The lowest BCUT2D eigenvalue weighted by molar-refractivity contribution is -0.192. The van der Waals surface area contributed by atoms with Crippen molar-refractivity contribution >= 4 is 27.3 Å². The van der Waals surface area contributed by atoms with Gasteiger partial charge in [0, 0.05) is 37.7 Å². The van der Waals surface area contributed by atoms with Gasteiger partial charge in [-0.2, -0.15) is 13.2 Å². The summed E-state index contributed by atoms with van der Waals surface area (Å²) in [6.07, 6.45) is -3.18. The predicted octanol–water partition coefficient (Wildman–Crippen LogP) is 3.34. The van der Waals surface area contributed by atoms with E-state index in [1.807, 2.05) is 6.07 Å². The summed E-state index contributed by atoms with van der Waals surface area (Å²) in [6, 6.07) is 11.9. The van der Waals surface area contributed by atoms with E-state index in [1.54, 1.807) is 6.07 Å². The maximum atomic E-state index is 12.5. The topological polar surface area (TPSA) is 105 Å². The number of carbonyl (C=O) groups is 1. The molecule has 1 atom stereocenters. The zero-order chi connectivity index (χ0) is 25.5. The van der Waals surface area contributed by atoms with E-state index in [9.17, 15) is 21.6 Å². The molecule has 2 N–H and O–H groups in total. The molecule has 194 valence electrons. The third-order valence-electron chi connectivity index (χ3n) is 5.36. The Hall–Kier alpha value is -2.03. The fourth-order valence-corrected chi connectivity index (χ4v) is 5.91. The van der Waals surface area contributed by atoms with Gasteiger partial charge in [-0.15, -0.1) is 11.3 Å². The summed E-state index contributed by atoms with van der Waals surface area (Å²) in [5, 5.41) is 7.12. The van der Waals surface area contributed by atoms with Gasteiger partial charge in [-0.25, -0.2) is 17.9 Å². The second-order valence-corrected chi connectivity index (χ2v) is 11.1. The Kier molecular flexibility index (Phi) is 9.67. The number of halogens is 3. The monoisotopic (exact) mass is 536 g/mol. The van der Waals surface area contributed by atoms with Crippen LogP contribution < -0.4 is 4.72 Å². The molecular weight excluding hydrogens is 509 g/mol. The van der Waals surface area contributed by atoms with Crippen LogP contribution in [-0.2, 0) is 30.8 Å². The van der Waals surface area contributed by atoms with E-state index in [4.69, 9.17) is 19.4 Å². The number of hydrogen-bond acceptors (Lipinski definition) is 7. The lowest BCUT2D eigenvalue weighted by Gasteiger charge is -2.26. The van der Waals surface area contributed by atoms with E-state index >= 15 is 0 Å². The molecule has 2 aliphatic heterocycles. The molecule has 0 aliphatic carbocycles. The molecule has 2 aromatic rings. The second-order valence-electron chi connectivity index (χ2n) is 7.99. The first kappa shape index (κ1) is 27.6. The number of carboxylic acid groups (broad SMARTS) is 1. The van der Waals surface area contributed by atoms with Crippen molar-refractivity contribution in [2.75, 3.05) is 39.5 Å². The quantitative estimate of drug-likeness (QED) is 0.559. The minimum Gasteiger partial charge on any atom is -0.475 e. The molecule has 1 aromatic heterocycles. The molecule has 0 spiro atoms. The van der Waals surface area contributed by atoms with E-state index in [1.165, 1.54) is 16.9 Å². The third-order valence-corrected chi connectivity index (χ3v) is 8.41. The highest BCUT2D eigenvalue weighted by Gasteiger charge is 2.38. The number of rotatable bonds is 7. The number of sulfonamides is 1. The number of morpholine rings is 1. The van der Waals surface area contributed by atoms with Gasteiger partial charge in [-0.1, -0.05) is 24.3 Å². The largest absolute Gasteiger partial charge is 0.490 e. The van der Waals surface area contributed by atoms with Crippen molar-refractivity contribution in [2.45, 2.75) is 35.9 Å². The highest BCUT2D eigenvalue weighted by Crippen LogP contribution is 2.31. The minimum atomic E-state index is -5.08. The van der Waals surface area contributed by atoms with Crippen LogP contribution in [0.5, 0.6) is 0 Å². The normalized spacial score (nSPS) is 19.2. The average Bonchev–Trinajstić information content (AvgIpc) is 3.52. The zero-order valence-electron chi connectivity index (χ0n) is 18.8. The fraction of sp³-hybridized carbons (Fsp3) is 0.500. The predicted molar refractivity (Wildman–Crippen MR) is 124 cm³/mol. The summed E-state index contributed by atoms with van der Waals surface area (Å²) in [6.45, 7) is 5.50. The molecule has 0 saturated carbocycles. The molecule has 2 saturated heterocycles. The molecule has 4 rings (SSSR count). The van der Waals surface area contributed by atoms with Gasteiger partial charge in [-0.3, -0.25) is 4.90 Å². The highest BCUT2D eigenvalue weighted by molar-refractivity contribution is 7.91. The van der Waals surface area contributed by atoms with Gasteiger partial charge in [0.2, 0.25) is 10.0 Å². The van der Waals surface area contributed by atoms with Crippen LogP contribution in [0.3, 0.4) is 0 Å². The van der Waals surface area contributed by atoms with Gasteiger partial charge in [0.25, 0.3) is 0 Å². The first-order valence-corrected chi connectivity index (χ1v) is 13.3. The minimum absolute atomic E-state index is 0.00628. The molecular formula is C22H27F3N2O6S2. The molecule has 0 radical (unpaired) electrons. The SMILES string of the molecule is O=C(O)C(F)(F)F.O=S(=O)(NCC1CCCO1)c1ccc(-c2ccc(CN3CCOCC3)cc2)s1. The molecule has 0 amide bonds. The standard InChI is InChI=1S/C20H26N2O4S2.C2HF3O2/c23-28(24,21-14-18-2-1-11-26-18)20-8-7-19(27-20)17-5-3-16(4-6-17)15-22-9-12-25-13-10-22;3-2(4,5)1(6)7/h3-8,18,21H,1-2,9-15H2;(H,6,7). The molecule has 2 fully saturated rings. The van der Waals surface area contributed by atoms with E-state index in [-0.39, 0.29) is 6.10 Å². The Bertz CT molecular complexity index is 1060. The molecule has 8 nitrogen and oxygen atoms in total. The van der Waals surface area contributed by atoms with Gasteiger partial charge in [0.1, 0.15) is 4.21 Å². The number of ether oxygens (including phenoxy) is 2. The number of benzene rings is 1. The first-order valence-electron chi connectivity index (χ1n) is 11.0. The molecule has 1 aromatic carbocycles. The summed E-state index contributed by atoms with van der Waals surface area (Å²) in [5.74, 6) is -2.76. The lowest BCUT2D eigenvalue weighted by atomic mass is 10.1. The van der Waals surface area contributed by atoms with Gasteiger partial charge in [-0.05, 0) is 36.1 Å². The summed E-state index contributed by atoms with van der Waals surface area (Å²) >= 11 is 1.30. The number of thiophene rings is 1. The molecule has 3 heterocycles. The Morgan fingerprint density at radius 3 is 2.34 bits per heavy atom. The van der Waals surface area contributed by atoms with Crippen LogP contribution in [-0.4, -0.2) is 76.1 Å². The maximum absolute atomic E-state index is 12.5. The second kappa shape index (κ2) is 12.3. The summed E-state index contributed by atoms with van der Waals surface area (Å²) in [4.78, 5) is 12.2. The highest BCUT2D eigenvalue weighted by atomic mass is 32.2. The van der Waals surface area contributed by atoms with Crippen molar-refractivity contribution in [3.63, 3.8) is 0 Å². The number of alkyl halides is 3. The summed E-state index contributed by atoms with van der Waals surface area (Å²) in [7, 11) is -3.49. The summed E-state index contributed by atoms with van der Waals surface area (Å²) in [5.41, 5.74) is 2.30. The lowest BCUT2D eigenvalue weighted by Crippen LogP contribution is -2.35. The van der Waals surface area contributed by atoms with Crippen LogP contribution in [0, 0.1) is 0 Å². The molecule has 13 heteroatoms. The number of aliphatic carboxylic acids is 1. The smallest absolute Gasteiger partial charge is 0.475 e. The van der Waals surface area contributed by atoms with Crippen molar-refractivity contribution in [3.8, 4) is 10.4 Å². The van der Waals surface area contributed by atoms with E-state index in [0.717, 1.165) is 62.7 Å². The molecule has 0 bridgehead atoms. The van der Waals surface area contributed by atoms with Crippen molar-refractivity contribution in [2.24, 2.45) is 0 Å². The summed E-state index contributed by atoms with van der Waals surface area (Å²) < 4.78 is 70.7. The van der Waals surface area contributed by atoms with Crippen molar-refractivity contribution in [1.82, 2.24) is 9.62 Å². The maximum Gasteiger partial charge on any atom is 0.490 e. The average molecular weight is 537 g/mol. The van der Waals surface area contributed by atoms with Gasteiger partial charge in [0.05, 0.1) is 19.3 Å². The zero-order valence-corrected chi connectivity index (χ0v) is 20.4. The molecule has 2 aliphatic rings. The molecule has 1 unspecified atom stereocenters. The Morgan fingerprint density at radius 2 is 1.77 bits per heavy atom. The Balaban J connectivity index is 0.000000429. The third kappa shape index (κ3) is 8.54. The van der Waals surface area contributed by atoms with E-state index < -0.39 is 22.2 Å². The van der Waals surface area contributed by atoms with Crippen LogP contribution >= 0.6 is 11.3 Å². The number of nitrogens with one attached hydrogen (secondary N) is 1. The van der Waals surface area contributed by atoms with Crippen molar-refractivity contribution in [1.29, 1.82) is 0 Å². The van der Waals surface area contributed by atoms with Crippen LogP contribution in [0.2, 0.25) is 0 Å². The van der Waals surface area contributed by atoms with Gasteiger partial charge < -0.3 is 14.6 Å². The molecule has 35 heavy (non-hydrogen) atoms. The van der Waals surface area contributed by atoms with Crippen LogP contribution in [0.1, 0.15) is 18.4 Å². The number of carboxylic acids is 1. The number of nitrogens with zero attached hydrogens (tertiary/aromatic N) is 1. The fourth-order valence-electron chi connectivity index (χ4n) is 3.49. The number of hydrogen-bond donors (Lipinski definition) is 2. The first-order chi connectivity index (χ1) is 16.5. The van der Waals surface area contributed by atoms with Crippen molar-refractivity contribution < 1.29 is 41.0 Å². The van der Waals surface area contributed by atoms with Gasteiger partial charge in [0.15, 0.2) is 0 Å².